The molecular formula is C19H24N2O2S. The molecule has 0 spiro atoms. The highest BCUT2D eigenvalue weighted by molar-refractivity contribution is 7.80. The van der Waals surface area contributed by atoms with Gasteiger partial charge in [0, 0.05) is 18.3 Å². The van der Waals surface area contributed by atoms with E-state index in [1.807, 2.05) is 50.2 Å². The lowest BCUT2D eigenvalue weighted by molar-refractivity contribution is 0.288. The molecule has 0 amide bonds. The van der Waals surface area contributed by atoms with Gasteiger partial charge in [-0.25, -0.2) is 0 Å². The van der Waals surface area contributed by atoms with E-state index in [9.17, 15) is 0 Å². The van der Waals surface area contributed by atoms with Crippen LogP contribution in [0.4, 0.5) is 5.69 Å². The van der Waals surface area contributed by atoms with Crippen molar-refractivity contribution in [1.82, 2.24) is 5.32 Å². The monoisotopic (exact) mass is 344 g/mol. The van der Waals surface area contributed by atoms with Gasteiger partial charge < -0.3 is 20.1 Å². The third kappa shape index (κ3) is 5.74. The largest absolute Gasteiger partial charge is 0.490 e. The maximum atomic E-state index is 5.62. The van der Waals surface area contributed by atoms with Crippen molar-refractivity contribution in [3.05, 3.63) is 54.1 Å². The quantitative estimate of drug-likeness (QED) is 0.708. The van der Waals surface area contributed by atoms with Crippen LogP contribution in [-0.2, 0) is 6.42 Å². The van der Waals surface area contributed by atoms with Crippen LogP contribution in [0.3, 0.4) is 0 Å². The van der Waals surface area contributed by atoms with Gasteiger partial charge in [-0.3, -0.25) is 0 Å². The van der Waals surface area contributed by atoms with Gasteiger partial charge in [-0.1, -0.05) is 30.3 Å². The smallest absolute Gasteiger partial charge is 0.170 e. The Hall–Kier alpha value is -2.27. The first kappa shape index (κ1) is 18.1. The predicted octanol–water partition coefficient (Wildman–Crippen LogP) is 4.01. The lowest BCUT2D eigenvalue weighted by Gasteiger charge is -2.14. The molecular weight excluding hydrogens is 320 g/mol. The highest BCUT2D eigenvalue weighted by Gasteiger charge is 2.07. The summed E-state index contributed by atoms with van der Waals surface area (Å²) in [6.07, 6.45) is 0.927. The van der Waals surface area contributed by atoms with Gasteiger partial charge in [0.25, 0.3) is 0 Å². The van der Waals surface area contributed by atoms with Crippen LogP contribution in [-0.4, -0.2) is 24.9 Å². The molecule has 0 unspecified atom stereocenters. The van der Waals surface area contributed by atoms with Gasteiger partial charge in [0.2, 0.25) is 0 Å². The Morgan fingerprint density at radius 2 is 1.67 bits per heavy atom. The molecule has 0 heterocycles. The average molecular weight is 344 g/mol. The summed E-state index contributed by atoms with van der Waals surface area (Å²) in [6.45, 7) is 5.88. The zero-order valence-corrected chi connectivity index (χ0v) is 15.0. The van der Waals surface area contributed by atoms with Gasteiger partial charge in [-0.05, 0) is 50.2 Å². The Bertz CT molecular complexity index is 647. The number of ether oxygens (including phenoxy) is 2. The second-order valence-electron chi connectivity index (χ2n) is 5.14. The Morgan fingerprint density at radius 1 is 0.958 bits per heavy atom. The van der Waals surface area contributed by atoms with E-state index in [0.29, 0.717) is 18.3 Å². The topological polar surface area (TPSA) is 42.5 Å². The van der Waals surface area contributed by atoms with Crippen LogP contribution < -0.4 is 20.1 Å². The molecule has 0 radical (unpaired) electrons. The first-order valence-corrected chi connectivity index (χ1v) is 8.62. The molecule has 0 aliphatic carbocycles. The van der Waals surface area contributed by atoms with E-state index in [0.717, 1.165) is 30.2 Å². The van der Waals surface area contributed by atoms with Crippen LogP contribution >= 0.6 is 12.2 Å². The van der Waals surface area contributed by atoms with Gasteiger partial charge in [-0.15, -0.1) is 0 Å². The molecule has 0 atom stereocenters. The summed E-state index contributed by atoms with van der Waals surface area (Å²) >= 11 is 5.35. The molecule has 0 bridgehead atoms. The summed E-state index contributed by atoms with van der Waals surface area (Å²) in [7, 11) is 0. The molecule has 2 rings (SSSR count). The molecule has 128 valence electrons. The SMILES string of the molecule is CCOc1ccc(NC(=S)NCCc2ccccc2)cc1OCC. The summed E-state index contributed by atoms with van der Waals surface area (Å²) in [5.41, 5.74) is 2.16. The highest BCUT2D eigenvalue weighted by atomic mass is 32.1. The fraction of sp³-hybridized carbons (Fsp3) is 0.316. The zero-order chi connectivity index (χ0) is 17.2. The van der Waals surface area contributed by atoms with Crippen LogP contribution in [0.15, 0.2) is 48.5 Å². The van der Waals surface area contributed by atoms with Crippen molar-refractivity contribution in [1.29, 1.82) is 0 Å². The minimum absolute atomic E-state index is 0.587. The van der Waals surface area contributed by atoms with Crippen molar-refractivity contribution >= 4 is 23.0 Å². The second-order valence-corrected chi connectivity index (χ2v) is 5.55. The van der Waals surface area contributed by atoms with Crippen molar-refractivity contribution in [2.24, 2.45) is 0 Å². The fourth-order valence-electron chi connectivity index (χ4n) is 2.27. The van der Waals surface area contributed by atoms with Crippen molar-refractivity contribution in [2.75, 3.05) is 25.1 Å². The van der Waals surface area contributed by atoms with E-state index < -0.39 is 0 Å². The highest BCUT2D eigenvalue weighted by Crippen LogP contribution is 2.30. The van der Waals surface area contributed by atoms with Crippen LogP contribution in [0.2, 0.25) is 0 Å². The van der Waals surface area contributed by atoms with Crippen molar-refractivity contribution in [2.45, 2.75) is 20.3 Å². The van der Waals surface area contributed by atoms with E-state index in [1.54, 1.807) is 0 Å². The van der Waals surface area contributed by atoms with Crippen LogP contribution in [0.1, 0.15) is 19.4 Å². The summed E-state index contributed by atoms with van der Waals surface area (Å²) in [5, 5.41) is 7.00. The first-order chi connectivity index (χ1) is 11.7. The minimum Gasteiger partial charge on any atom is -0.490 e. The van der Waals surface area contributed by atoms with Crippen LogP contribution in [0, 0.1) is 0 Å². The van der Waals surface area contributed by atoms with Gasteiger partial charge in [0.15, 0.2) is 16.6 Å². The number of rotatable bonds is 8. The van der Waals surface area contributed by atoms with Crippen LogP contribution in [0.25, 0.3) is 0 Å². The zero-order valence-electron chi connectivity index (χ0n) is 14.2. The Kier molecular flexibility index (Phi) is 7.36. The maximum Gasteiger partial charge on any atom is 0.170 e. The Balaban J connectivity index is 1.87. The normalized spacial score (nSPS) is 10.1. The molecule has 0 aliphatic rings. The molecule has 0 saturated heterocycles. The van der Waals surface area contributed by atoms with E-state index in [4.69, 9.17) is 21.7 Å². The number of nitrogens with one attached hydrogen (secondary N) is 2. The average Bonchev–Trinajstić information content (AvgIpc) is 2.58. The molecule has 0 saturated carbocycles. The number of benzene rings is 2. The molecule has 2 aromatic carbocycles. The minimum atomic E-state index is 0.587. The molecule has 4 nitrogen and oxygen atoms in total. The summed E-state index contributed by atoms with van der Waals surface area (Å²) < 4.78 is 11.2. The van der Waals surface area contributed by atoms with Crippen molar-refractivity contribution < 1.29 is 9.47 Å². The second kappa shape index (κ2) is 9.78. The first-order valence-electron chi connectivity index (χ1n) is 8.21. The number of hydrogen-bond donors (Lipinski definition) is 2. The third-order valence-corrected chi connectivity index (χ3v) is 3.59. The van der Waals surface area contributed by atoms with Crippen LogP contribution in [0.5, 0.6) is 11.5 Å². The van der Waals surface area contributed by atoms with E-state index in [-0.39, 0.29) is 0 Å². The number of thiocarbonyl (C=S) groups is 1. The van der Waals surface area contributed by atoms with Gasteiger partial charge >= 0.3 is 0 Å². The van der Waals surface area contributed by atoms with E-state index >= 15 is 0 Å². The van der Waals surface area contributed by atoms with E-state index in [2.05, 4.69) is 22.8 Å². The standard InChI is InChI=1S/C19H24N2O2S/c1-3-22-17-11-10-16(14-18(17)23-4-2)21-19(24)20-13-12-15-8-6-5-7-9-15/h5-11,14H,3-4,12-13H2,1-2H3,(H2,20,21,24). The van der Waals surface area contributed by atoms with Gasteiger partial charge in [-0.2, -0.15) is 0 Å². The fourth-order valence-corrected chi connectivity index (χ4v) is 2.49. The number of hydrogen-bond acceptors (Lipinski definition) is 3. The van der Waals surface area contributed by atoms with Crippen molar-refractivity contribution in [3.8, 4) is 11.5 Å². The molecule has 5 heteroatoms. The summed E-state index contributed by atoms with van der Waals surface area (Å²) in [6, 6.07) is 16.0. The van der Waals surface area contributed by atoms with Crippen molar-refractivity contribution in [3.63, 3.8) is 0 Å². The Labute approximate surface area is 149 Å². The Morgan fingerprint density at radius 3 is 2.38 bits per heavy atom. The summed E-state index contributed by atoms with van der Waals surface area (Å²) in [4.78, 5) is 0. The number of anilines is 1. The van der Waals surface area contributed by atoms with Gasteiger partial charge in [0.1, 0.15) is 0 Å². The summed E-state index contributed by atoms with van der Waals surface area (Å²) in [5.74, 6) is 1.46. The lowest BCUT2D eigenvalue weighted by atomic mass is 10.1. The van der Waals surface area contributed by atoms with Gasteiger partial charge in [0.05, 0.1) is 13.2 Å². The molecule has 0 fully saturated rings. The van der Waals surface area contributed by atoms with E-state index in [1.165, 1.54) is 5.56 Å². The lowest BCUT2D eigenvalue weighted by Crippen LogP contribution is -2.30. The molecule has 0 aromatic heterocycles. The molecule has 0 aliphatic heterocycles. The molecule has 2 N–H and O–H groups in total. The molecule has 2 aromatic rings. The maximum absolute atomic E-state index is 5.62. The third-order valence-electron chi connectivity index (χ3n) is 3.34. The molecule has 24 heavy (non-hydrogen) atoms. The predicted molar refractivity (Wildman–Crippen MR) is 103 cm³/mol.